The Labute approximate surface area is 113 Å². The number of amides is 1. The molecule has 1 heterocycles. The van der Waals surface area contributed by atoms with Gasteiger partial charge >= 0.3 is 0 Å². The number of carbonyl (C=O) groups is 1. The van der Waals surface area contributed by atoms with E-state index in [-0.39, 0.29) is 5.91 Å². The summed E-state index contributed by atoms with van der Waals surface area (Å²) in [7, 11) is 0. The third-order valence-electron chi connectivity index (χ3n) is 2.38. The van der Waals surface area contributed by atoms with Gasteiger partial charge in [-0.2, -0.15) is 0 Å². The van der Waals surface area contributed by atoms with Gasteiger partial charge in [0.05, 0.1) is 10.2 Å². The van der Waals surface area contributed by atoms with Crippen LogP contribution in [0.25, 0.3) is 0 Å². The number of rotatable bonds is 2. The van der Waals surface area contributed by atoms with Crippen molar-refractivity contribution >= 4 is 33.2 Å². The Morgan fingerprint density at radius 1 is 1.39 bits per heavy atom. The van der Waals surface area contributed by atoms with E-state index in [1.807, 2.05) is 13.0 Å². The lowest BCUT2D eigenvalue weighted by molar-refractivity contribution is 0.102. The van der Waals surface area contributed by atoms with Crippen LogP contribution in [0.1, 0.15) is 15.9 Å². The lowest BCUT2D eigenvalue weighted by Gasteiger charge is -2.08. The number of hydrogen-bond acceptors (Lipinski definition) is 3. The van der Waals surface area contributed by atoms with Crippen molar-refractivity contribution in [1.82, 2.24) is 4.98 Å². The van der Waals surface area contributed by atoms with Gasteiger partial charge in [-0.05, 0) is 52.7 Å². The smallest absolute Gasteiger partial charge is 0.255 e. The van der Waals surface area contributed by atoms with E-state index in [1.54, 1.807) is 30.6 Å². The minimum Gasteiger partial charge on any atom is -0.399 e. The molecule has 5 heteroatoms. The first-order valence-electron chi connectivity index (χ1n) is 5.34. The Morgan fingerprint density at radius 2 is 2.17 bits per heavy atom. The fourth-order valence-corrected chi connectivity index (χ4v) is 1.96. The van der Waals surface area contributed by atoms with Gasteiger partial charge in [0.15, 0.2) is 0 Å². The number of anilines is 2. The molecule has 92 valence electrons. The number of pyridine rings is 1. The average molecular weight is 306 g/mol. The quantitative estimate of drug-likeness (QED) is 0.838. The number of nitrogen functional groups attached to an aromatic ring is 1. The molecule has 0 fully saturated rings. The molecule has 0 saturated carbocycles. The number of benzene rings is 1. The molecule has 18 heavy (non-hydrogen) atoms. The summed E-state index contributed by atoms with van der Waals surface area (Å²) >= 11 is 3.32. The van der Waals surface area contributed by atoms with Crippen molar-refractivity contribution < 1.29 is 4.79 Å². The van der Waals surface area contributed by atoms with Gasteiger partial charge in [-0.1, -0.05) is 0 Å². The maximum absolute atomic E-state index is 12.1. The number of halogens is 1. The number of nitrogens with one attached hydrogen (secondary N) is 1. The fourth-order valence-electron chi connectivity index (χ4n) is 1.61. The lowest BCUT2D eigenvalue weighted by atomic mass is 10.1. The maximum Gasteiger partial charge on any atom is 0.255 e. The highest BCUT2D eigenvalue weighted by atomic mass is 79.9. The number of aryl methyl sites for hydroxylation is 1. The van der Waals surface area contributed by atoms with E-state index in [0.29, 0.717) is 16.9 Å². The largest absolute Gasteiger partial charge is 0.399 e. The van der Waals surface area contributed by atoms with Crippen molar-refractivity contribution in [2.75, 3.05) is 11.1 Å². The lowest BCUT2D eigenvalue weighted by Crippen LogP contribution is -2.13. The number of nitrogens with zero attached hydrogens (tertiary/aromatic N) is 1. The Morgan fingerprint density at radius 3 is 2.83 bits per heavy atom. The minimum atomic E-state index is -0.197. The molecule has 0 aliphatic rings. The van der Waals surface area contributed by atoms with E-state index in [1.165, 1.54) is 0 Å². The summed E-state index contributed by atoms with van der Waals surface area (Å²) in [6.45, 7) is 1.90. The molecule has 0 radical (unpaired) electrons. The first kappa shape index (κ1) is 12.6. The average Bonchev–Trinajstić information content (AvgIpc) is 2.31. The molecule has 0 saturated heterocycles. The number of carbonyl (C=O) groups excluding carboxylic acids is 1. The molecule has 1 aromatic carbocycles. The third kappa shape index (κ3) is 2.87. The molecule has 0 aliphatic heterocycles. The molecule has 1 amide bonds. The van der Waals surface area contributed by atoms with E-state index < -0.39 is 0 Å². The van der Waals surface area contributed by atoms with Crippen LogP contribution in [-0.4, -0.2) is 10.9 Å². The van der Waals surface area contributed by atoms with E-state index in [0.717, 1.165) is 10.0 Å². The van der Waals surface area contributed by atoms with Crippen molar-refractivity contribution in [3.63, 3.8) is 0 Å². The van der Waals surface area contributed by atoms with Gasteiger partial charge in [0.25, 0.3) is 5.91 Å². The summed E-state index contributed by atoms with van der Waals surface area (Å²) in [6, 6.07) is 6.98. The molecular weight excluding hydrogens is 294 g/mol. The fraction of sp³-hybridized carbons (Fsp3) is 0.0769. The zero-order valence-corrected chi connectivity index (χ0v) is 11.4. The Hall–Kier alpha value is -1.88. The van der Waals surface area contributed by atoms with Gasteiger partial charge < -0.3 is 11.1 Å². The van der Waals surface area contributed by atoms with E-state index in [2.05, 4.69) is 26.2 Å². The van der Waals surface area contributed by atoms with Crippen LogP contribution in [0.3, 0.4) is 0 Å². The molecule has 0 atom stereocenters. The highest BCUT2D eigenvalue weighted by molar-refractivity contribution is 9.10. The topological polar surface area (TPSA) is 68.0 Å². The van der Waals surface area contributed by atoms with Gasteiger partial charge in [-0.3, -0.25) is 9.78 Å². The van der Waals surface area contributed by atoms with Crippen LogP contribution in [0, 0.1) is 6.92 Å². The Balaban J connectivity index is 2.25. The van der Waals surface area contributed by atoms with Crippen molar-refractivity contribution in [2.24, 2.45) is 0 Å². The molecule has 0 aliphatic carbocycles. The van der Waals surface area contributed by atoms with Crippen LogP contribution in [0.5, 0.6) is 0 Å². The second-order valence-electron chi connectivity index (χ2n) is 3.94. The summed E-state index contributed by atoms with van der Waals surface area (Å²) < 4.78 is 0.735. The van der Waals surface area contributed by atoms with Crippen LogP contribution in [0.2, 0.25) is 0 Å². The highest BCUT2D eigenvalue weighted by Gasteiger charge is 2.09. The predicted molar refractivity (Wildman–Crippen MR) is 75.5 cm³/mol. The Bertz CT molecular complexity index is 578. The first-order valence-corrected chi connectivity index (χ1v) is 6.13. The summed E-state index contributed by atoms with van der Waals surface area (Å²) in [5.74, 6) is -0.197. The Kier molecular flexibility index (Phi) is 3.62. The van der Waals surface area contributed by atoms with Crippen molar-refractivity contribution in [3.8, 4) is 0 Å². The normalized spacial score (nSPS) is 10.1. The highest BCUT2D eigenvalue weighted by Crippen LogP contribution is 2.21. The van der Waals surface area contributed by atoms with Crippen LogP contribution >= 0.6 is 15.9 Å². The summed E-state index contributed by atoms with van der Waals surface area (Å²) in [5.41, 5.74) is 8.47. The molecule has 2 rings (SSSR count). The van der Waals surface area contributed by atoms with Crippen LogP contribution in [-0.2, 0) is 0 Å². The van der Waals surface area contributed by atoms with Gasteiger partial charge in [0, 0.05) is 23.6 Å². The number of aromatic nitrogens is 1. The van der Waals surface area contributed by atoms with Crippen LogP contribution in [0.4, 0.5) is 11.4 Å². The molecule has 4 nitrogen and oxygen atoms in total. The van der Waals surface area contributed by atoms with Crippen molar-refractivity contribution in [1.29, 1.82) is 0 Å². The maximum atomic E-state index is 12.1. The molecular formula is C13H12BrN3O. The van der Waals surface area contributed by atoms with Gasteiger partial charge in [0.1, 0.15) is 0 Å². The zero-order valence-electron chi connectivity index (χ0n) is 9.77. The summed E-state index contributed by atoms with van der Waals surface area (Å²) in [4.78, 5) is 16.0. The van der Waals surface area contributed by atoms with Crippen molar-refractivity contribution in [3.05, 3.63) is 52.3 Å². The first-order chi connectivity index (χ1) is 8.56. The molecule has 0 spiro atoms. The predicted octanol–water partition coefficient (Wildman–Crippen LogP) is 2.99. The second kappa shape index (κ2) is 5.18. The van der Waals surface area contributed by atoms with E-state index in [4.69, 9.17) is 5.73 Å². The number of nitrogens with two attached hydrogens (primary N) is 1. The van der Waals surface area contributed by atoms with Crippen LogP contribution < -0.4 is 11.1 Å². The van der Waals surface area contributed by atoms with Gasteiger partial charge in [0.2, 0.25) is 0 Å². The second-order valence-corrected chi connectivity index (χ2v) is 4.80. The number of hydrogen-bond donors (Lipinski definition) is 2. The third-order valence-corrected chi connectivity index (χ3v) is 3.01. The summed E-state index contributed by atoms with van der Waals surface area (Å²) in [6.07, 6.45) is 3.24. The molecule has 1 aromatic heterocycles. The van der Waals surface area contributed by atoms with Crippen LogP contribution in [0.15, 0.2) is 41.1 Å². The van der Waals surface area contributed by atoms with Gasteiger partial charge in [-0.15, -0.1) is 0 Å². The molecule has 2 aromatic rings. The zero-order chi connectivity index (χ0) is 13.1. The SMILES string of the molecule is Cc1cc(N)cc(C(=O)Nc2ccncc2Br)c1. The van der Waals surface area contributed by atoms with E-state index in [9.17, 15) is 4.79 Å². The molecule has 3 N–H and O–H groups in total. The standard InChI is InChI=1S/C13H12BrN3O/c1-8-4-9(6-10(15)5-8)13(18)17-12-2-3-16-7-11(12)14/h2-7H,15H2,1H3,(H,16,17,18). The monoisotopic (exact) mass is 305 g/mol. The molecule has 0 unspecified atom stereocenters. The van der Waals surface area contributed by atoms with Crippen molar-refractivity contribution in [2.45, 2.75) is 6.92 Å². The summed E-state index contributed by atoms with van der Waals surface area (Å²) in [5, 5.41) is 2.80. The van der Waals surface area contributed by atoms with Gasteiger partial charge in [-0.25, -0.2) is 0 Å². The van der Waals surface area contributed by atoms with E-state index >= 15 is 0 Å². The minimum absolute atomic E-state index is 0.197. The molecule has 0 bridgehead atoms.